The molecule has 3 N–H and O–H groups in total. The Labute approximate surface area is 179 Å². The molecular weight excluding hydrogens is 403 g/mol. The highest BCUT2D eigenvalue weighted by Gasteiger charge is 2.30. The van der Waals surface area contributed by atoms with Crippen LogP contribution in [0.2, 0.25) is 0 Å². The number of aromatic nitrogens is 3. The van der Waals surface area contributed by atoms with Gasteiger partial charge in [-0.1, -0.05) is 30.0 Å². The zero-order valence-corrected chi connectivity index (χ0v) is 17.4. The predicted octanol–water partition coefficient (Wildman–Crippen LogP) is 4.72. The van der Waals surface area contributed by atoms with Crippen LogP contribution in [0.5, 0.6) is 0 Å². The molecule has 160 valence electrons. The highest BCUT2D eigenvalue weighted by atomic mass is 19.4. The van der Waals surface area contributed by atoms with E-state index in [0.29, 0.717) is 29.3 Å². The van der Waals surface area contributed by atoms with Gasteiger partial charge in [0.05, 0.1) is 34.5 Å². The first-order chi connectivity index (χ1) is 14.6. The first-order valence-corrected chi connectivity index (χ1v) is 9.55. The Balaban J connectivity index is 1.79. The maximum atomic E-state index is 12.8. The van der Waals surface area contributed by atoms with Gasteiger partial charge in [-0.15, -0.1) is 0 Å². The molecule has 2 aromatic heterocycles. The number of benzene rings is 1. The highest BCUT2D eigenvalue weighted by Crippen LogP contribution is 2.31. The van der Waals surface area contributed by atoms with E-state index in [2.05, 4.69) is 32.1 Å². The predicted molar refractivity (Wildman–Crippen MR) is 114 cm³/mol. The lowest BCUT2D eigenvalue weighted by atomic mass is 9.84. The van der Waals surface area contributed by atoms with Crippen LogP contribution in [0, 0.1) is 18.8 Å². The number of hydrogen-bond acceptors (Lipinski definition) is 5. The fraction of sp³-hybridized carbons (Fsp3) is 0.261. The summed E-state index contributed by atoms with van der Waals surface area (Å²) >= 11 is 0. The smallest absolute Gasteiger partial charge is 0.382 e. The number of hydrogen-bond donors (Lipinski definition) is 2. The molecule has 31 heavy (non-hydrogen) atoms. The van der Waals surface area contributed by atoms with Gasteiger partial charge in [0.2, 0.25) is 5.95 Å². The van der Waals surface area contributed by atoms with Crippen LogP contribution in [0.15, 0.2) is 48.7 Å². The summed E-state index contributed by atoms with van der Waals surface area (Å²) in [7, 11) is 0. The fourth-order valence-electron chi connectivity index (χ4n) is 2.87. The minimum absolute atomic E-state index is 0.228. The van der Waals surface area contributed by atoms with Crippen LogP contribution in [0.3, 0.4) is 0 Å². The van der Waals surface area contributed by atoms with E-state index in [9.17, 15) is 13.2 Å². The molecule has 1 aromatic carbocycles. The van der Waals surface area contributed by atoms with E-state index in [1.54, 1.807) is 13.1 Å². The Morgan fingerprint density at radius 2 is 1.68 bits per heavy atom. The normalized spacial score (nSPS) is 11.5. The Morgan fingerprint density at radius 1 is 1.00 bits per heavy atom. The molecule has 3 rings (SSSR count). The van der Waals surface area contributed by atoms with Gasteiger partial charge in [-0.25, -0.2) is 4.98 Å². The van der Waals surface area contributed by atoms with Gasteiger partial charge >= 0.3 is 6.18 Å². The third-order valence-electron chi connectivity index (χ3n) is 4.71. The van der Waals surface area contributed by atoms with E-state index in [4.69, 9.17) is 5.73 Å². The van der Waals surface area contributed by atoms with Gasteiger partial charge in [-0.05, 0) is 50.6 Å². The van der Waals surface area contributed by atoms with Crippen molar-refractivity contribution in [1.29, 1.82) is 0 Å². The van der Waals surface area contributed by atoms with E-state index in [-0.39, 0.29) is 5.82 Å². The number of anilines is 2. The third-order valence-corrected chi connectivity index (χ3v) is 4.71. The summed E-state index contributed by atoms with van der Waals surface area (Å²) in [5.74, 6) is 6.69. The molecule has 0 aliphatic rings. The van der Waals surface area contributed by atoms with Crippen molar-refractivity contribution >= 4 is 11.8 Å². The van der Waals surface area contributed by atoms with Gasteiger partial charge in [0.1, 0.15) is 5.82 Å². The topological polar surface area (TPSA) is 76.7 Å². The molecule has 0 fully saturated rings. The minimum atomic E-state index is -4.37. The summed E-state index contributed by atoms with van der Waals surface area (Å²) in [6.45, 7) is 5.89. The lowest BCUT2D eigenvalue weighted by Gasteiger charge is -2.19. The molecule has 8 heteroatoms. The Bertz CT molecular complexity index is 1090. The van der Waals surface area contributed by atoms with E-state index in [0.717, 1.165) is 17.8 Å². The van der Waals surface area contributed by atoms with Crippen LogP contribution >= 0.6 is 0 Å². The molecule has 0 saturated carbocycles. The Morgan fingerprint density at radius 3 is 2.26 bits per heavy atom. The Kier molecular flexibility index (Phi) is 6.16. The zero-order chi connectivity index (χ0) is 22.6. The first-order valence-electron chi connectivity index (χ1n) is 9.55. The number of pyridine rings is 1. The molecule has 0 radical (unpaired) electrons. The van der Waals surface area contributed by atoms with Crippen LogP contribution in [0.4, 0.5) is 24.9 Å². The molecule has 0 amide bonds. The lowest BCUT2D eigenvalue weighted by Crippen LogP contribution is -2.15. The van der Waals surface area contributed by atoms with Crippen molar-refractivity contribution in [3.05, 3.63) is 76.7 Å². The molecule has 0 atom stereocenters. The van der Waals surface area contributed by atoms with Gasteiger partial charge in [0, 0.05) is 6.20 Å². The van der Waals surface area contributed by atoms with Crippen molar-refractivity contribution in [3.63, 3.8) is 0 Å². The first kappa shape index (κ1) is 22.1. The lowest BCUT2D eigenvalue weighted by molar-refractivity contribution is -0.137. The van der Waals surface area contributed by atoms with Gasteiger partial charge in [0.15, 0.2) is 0 Å². The number of alkyl halides is 3. The summed E-state index contributed by atoms with van der Waals surface area (Å²) in [6, 6.07) is 10.6. The summed E-state index contributed by atoms with van der Waals surface area (Å²) in [6.07, 6.45) is -2.67. The summed E-state index contributed by atoms with van der Waals surface area (Å²) in [5.41, 5.74) is 7.30. The SMILES string of the molecule is Cc1nc(NCc2ccccn2)nc(N)c1C#CC(C)(C)c1ccc(C(F)(F)F)cc1. The second-order valence-corrected chi connectivity index (χ2v) is 7.52. The molecule has 0 unspecified atom stereocenters. The van der Waals surface area contributed by atoms with Crippen LogP contribution in [0.1, 0.15) is 41.9 Å². The zero-order valence-electron chi connectivity index (χ0n) is 17.4. The Hall–Kier alpha value is -3.60. The number of nitrogens with one attached hydrogen (secondary N) is 1. The quantitative estimate of drug-likeness (QED) is 0.592. The van der Waals surface area contributed by atoms with E-state index in [1.807, 2.05) is 32.0 Å². The monoisotopic (exact) mass is 425 g/mol. The van der Waals surface area contributed by atoms with Gasteiger partial charge in [-0.3, -0.25) is 4.98 Å². The molecule has 0 bridgehead atoms. The average Bonchev–Trinajstić information content (AvgIpc) is 2.72. The van der Waals surface area contributed by atoms with Crippen LogP contribution in [0.25, 0.3) is 0 Å². The van der Waals surface area contributed by atoms with E-state index >= 15 is 0 Å². The minimum Gasteiger partial charge on any atom is -0.382 e. The molecule has 0 spiro atoms. The maximum absolute atomic E-state index is 12.8. The van der Waals surface area contributed by atoms with Crippen LogP contribution < -0.4 is 11.1 Å². The molecule has 0 aliphatic carbocycles. The highest BCUT2D eigenvalue weighted by molar-refractivity contribution is 5.57. The fourth-order valence-corrected chi connectivity index (χ4v) is 2.87. The summed E-state index contributed by atoms with van der Waals surface area (Å²) in [4.78, 5) is 12.9. The molecule has 0 saturated heterocycles. The van der Waals surface area contributed by atoms with Crippen molar-refractivity contribution < 1.29 is 13.2 Å². The van der Waals surface area contributed by atoms with Gasteiger partial charge in [0.25, 0.3) is 0 Å². The molecule has 3 aromatic rings. The second-order valence-electron chi connectivity index (χ2n) is 7.52. The number of nitrogens with zero attached hydrogens (tertiary/aromatic N) is 3. The summed E-state index contributed by atoms with van der Waals surface area (Å²) in [5, 5.41) is 3.08. The number of nitrogens with two attached hydrogens (primary N) is 1. The number of halogens is 3. The molecule has 2 heterocycles. The number of rotatable bonds is 4. The van der Waals surface area contributed by atoms with Crippen molar-refractivity contribution in [3.8, 4) is 11.8 Å². The van der Waals surface area contributed by atoms with E-state index in [1.165, 1.54) is 12.1 Å². The van der Waals surface area contributed by atoms with Gasteiger partial charge < -0.3 is 11.1 Å². The van der Waals surface area contributed by atoms with Crippen molar-refractivity contribution in [2.75, 3.05) is 11.1 Å². The van der Waals surface area contributed by atoms with Crippen LogP contribution in [-0.2, 0) is 18.1 Å². The van der Waals surface area contributed by atoms with Crippen molar-refractivity contribution in [2.24, 2.45) is 0 Å². The maximum Gasteiger partial charge on any atom is 0.416 e. The third kappa shape index (κ3) is 5.51. The number of nitrogen functional groups attached to an aromatic ring is 1. The van der Waals surface area contributed by atoms with Crippen LogP contribution in [-0.4, -0.2) is 15.0 Å². The molecular formula is C23H22F3N5. The summed E-state index contributed by atoms with van der Waals surface area (Å²) < 4.78 is 38.4. The van der Waals surface area contributed by atoms with Crippen molar-refractivity contribution in [2.45, 2.75) is 38.9 Å². The van der Waals surface area contributed by atoms with E-state index < -0.39 is 17.2 Å². The molecule has 0 aliphatic heterocycles. The second kappa shape index (κ2) is 8.64. The van der Waals surface area contributed by atoms with Gasteiger partial charge in [-0.2, -0.15) is 18.2 Å². The largest absolute Gasteiger partial charge is 0.416 e. The standard InChI is InChI=1S/C23H22F3N5/c1-15-19(20(27)31-21(30-15)29-14-18-6-4-5-13-28-18)11-12-22(2,3)16-7-9-17(10-8-16)23(24,25)26/h4-10,13H,14H2,1-3H3,(H3,27,29,30,31). The number of aryl methyl sites for hydroxylation is 1. The van der Waals surface area contributed by atoms with Crippen molar-refractivity contribution in [1.82, 2.24) is 15.0 Å². The average molecular weight is 425 g/mol. The molecule has 5 nitrogen and oxygen atoms in total.